The van der Waals surface area contributed by atoms with E-state index < -0.39 is 0 Å². The van der Waals surface area contributed by atoms with Crippen molar-refractivity contribution in [3.05, 3.63) is 40.3 Å². The van der Waals surface area contributed by atoms with Gasteiger partial charge in [0.1, 0.15) is 4.99 Å². The molecule has 1 amide bonds. The van der Waals surface area contributed by atoms with E-state index in [9.17, 15) is 4.79 Å². The van der Waals surface area contributed by atoms with Crippen LogP contribution in [0.15, 0.2) is 29.2 Å². The summed E-state index contributed by atoms with van der Waals surface area (Å²) in [7, 11) is 2.12. The molecule has 2 aliphatic heterocycles. The molecule has 0 aliphatic carbocycles. The Morgan fingerprint density at radius 2 is 2.09 bits per heavy atom. The van der Waals surface area contributed by atoms with Crippen LogP contribution in [0, 0.1) is 0 Å². The molecule has 0 aromatic heterocycles. The SMILES string of the molecule is CC1=CC(C)(C)N(C)c2ccc(/C=C3\SC(=O)NC3=S)cc21. The standard InChI is InChI=1S/C17H18N2OS2/c1-10-9-17(2,3)19(4)13-6-5-11(7-12(10)13)8-14-15(21)18-16(20)22-14/h5-9H,1-4H3,(H,18,20,21)/b14-8-. The van der Waals surface area contributed by atoms with E-state index in [-0.39, 0.29) is 10.8 Å². The first-order chi connectivity index (χ1) is 10.3. The molecule has 1 saturated heterocycles. The Bertz CT molecular complexity index is 747. The number of thioether (sulfide) groups is 1. The molecule has 1 fully saturated rings. The zero-order valence-electron chi connectivity index (χ0n) is 13.1. The summed E-state index contributed by atoms with van der Waals surface area (Å²) >= 11 is 6.32. The number of carbonyl (C=O) groups is 1. The third-order valence-corrected chi connectivity index (χ3v) is 5.46. The predicted molar refractivity (Wildman–Crippen MR) is 99.3 cm³/mol. The minimum atomic E-state index is -0.105. The van der Waals surface area contributed by atoms with Gasteiger partial charge in [0.15, 0.2) is 0 Å². The van der Waals surface area contributed by atoms with Crippen molar-refractivity contribution in [1.29, 1.82) is 0 Å². The maximum Gasteiger partial charge on any atom is 0.289 e. The lowest BCUT2D eigenvalue weighted by atomic mass is 9.88. The molecule has 114 valence electrons. The highest BCUT2D eigenvalue weighted by molar-refractivity contribution is 8.19. The van der Waals surface area contributed by atoms with Crippen LogP contribution >= 0.6 is 24.0 Å². The van der Waals surface area contributed by atoms with E-state index in [1.54, 1.807) is 0 Å². The molecule has 0 atom stereocenters. The lowest BCUT2D eigenvalue weighted by molar-refractivity contribution is 0.265. The highest BCUT2D eigenvalue weighted by Gasteiger charge is 2.28. The van der Waals surface area contributed by atoms with Gasteiger partial charge in [0, 0.05) is 18.3 Å². The number of amides is 1. The lowest BCUT2D eigenvalue weighted by Gasteiger charge is -2.40. The number of carbonyl (C=O) groups excluding carboxylic acids is 1. The van der Waals surface area contributed by atoms with Crippen LogP contribution in [0.5, 0.6) is 0 Å². The lowest BCUT2D eigenvalue weighted by Crippen LogP contribution is -2.42. The van der Waals surface area contributed by atoms with Crippen LogP contribution in [0.2, 0.25) is 0 Å². The van der Waals surface area contributed by atoms with E-state index in [0.717, 1.165) is 22.2 Å². The van der Waals surface area contributed by atoms with Gasteiger partial charge in [0.2, 0.25) is 0 Å². The van der Waals surface area contributed by atoms with Crippen molar-refractivity contribution in [2.75, 3.05) is 11.9 Å². The second-order valence-electron chi connectivity index (χ2n) is 6.17. The fourth-order valence-corrected chi connectivity index (χ4v) is 3.87. The second-order valence-corrected chi connectivity index (χ2v) is 7.59. The van der Waals surface area contributed by atoms with Gasteiger partial charge in [0.05, 0.1) is 10.4 Å². The normalized spacial score (nSPS) is 21.7. The number of hydrogen-bond donors (Lipinski definition) is 1. The first-order valence-corrected chi connectivity index (χ1v) is 8.33. The Hall–Kier alpha value is -1.59. The van der Waals surface area contributed by atoms with E-state index >= 15 is 0 Å². The molecule has 0 bridgehead atoms. The van der Waals surface area contributed by atoms with Gasteiger partial charge in [0.25, 0.3) is 5.24 Å². The van der Waals surface area contributed by atoms with Crippen LogP contribution in [-0.4, -0.2) is 22.8 Å². The Morgan fingerprint density at radius 3 is 2.73 bits per heavy atom. The average Bonchev–Trinajstić information content (AvgIpc) is 2.74. The quantitative estimate of drug-likeness (QED) is 0.609. The molecule has 2 aliphatic rings. The maximum absolute atomic E-state index is 11.4. The summed E-state index contributed by atoms with van der Waals surface area (Å²) < 4.78 is 0. The highest BCUT2D eigenvalue weighted by atomic mass is 32.2. The Labute approximate surface area is 140 Å². The fraction of sp³-hybridized carbons (Fsp3) is 0.294. The minimum absolute atomic E-state index is 0.0102. The van der Waals surface area contributed by atoms with Crippen LogP contribution in [0.4, 0.5) is 10.5 Å². The highest BCUT2D eigenvalue weighted by Crippen LogP contribution is 2.38. The topological polar surface area (TPSA) is 32.3 Å². The van der Waals surface area contributed by atoms with E-state index in [1.807, 2.05) is 6.08 Å². The molecule has 3 nitrogen and oxygen atoms in total. The van der Waals surface area contributed by atoms with Gasteiger partial charge >= 0.3 is 0 Å². The first-order valence-electron chi connectivity index (χ1n) is 7.10. The van der Waals surface area contributed by atoms with Gasteiger partial charge in [-0.1, -0.05) is 24.4 Å². The number of fused-ring (bicyclic) bond motifs is 1. The number of benzene rings is 1. The molecule has 2 heterocycles. The average molecular weight is 330 g/mol. The molecule has 3 rings (SSSR count). The smallest absolute Gasteiger partial charge is 0.289 e. The zero-order chi connectivity index (χ0) is 16.1. The van der Waals surface area contributed by atoms with Gasteiger partial charge < -0.3 is 10.2 Å². The fourth-order valence-electron chi connectivity index (χ4n) is 2.84. The molecule has 0 unspecified atom stereocenters. The van der Waals surface area contributed by atoms with Gasteiger partial charge in [-0.2, -0.15) is 0 Å². The molecular weight excluding hydrogens is 312 g/mol. The van der Waals surface area contributed by atoms with E-state index in [1.165, 1.54) is 16.8 Å². The van der Waals surface area contributed by atoms with Crippen LogP contribution < -0.4 is 10.2 Å². The Morgan fingerprint density at radius 1 is 1.36 bits per heavy atom. The molecule has 0 radical (unpaired) electrons. The number of hydrogen-bond acceptors (Lipinski definition) is 4. The van der Waals surface area contributed by atoms with Crippen LogP contribution in [0.25, 0.3) is 11.6 Å². The molecule has 1 N–H and O–H groups in total. The molecule has 22 heavy (non-hydrogen) atoms. The van der Waals surface area contributed by atoms with Crippen LogP contribution in [-0.2, 0) is 0 Å². The first kappa shape index (κ1) is 15.3. The minimum Gasteiger partial charge on any atom is -0.366 e. The van der Waals surface area contributed by atoms with E-state index in [4.69, 9.17) is 12.2 Å². The summed E-state index contributed by atoms with van der Waals surface area (Å²) in [5.41, 5.74) is 4.79. The summed E-state index contributed by atoms with van der Waals surface area (Å²) in [6, 6.07) is 6.37. The summed E-state index contributed by atoms with van der Waals surface area (Å²) in [6.45, 7) is 6.56. The number of thiocarbonyl (C=S) groups is 1. The van der Waals surface area contributed by atoms with Crippen molar-refractivity contribution in [1.82, 2.24) is 5.32 Å². The van der Waals surface area contributed by atoms with Crippen molar-refractivity contribution >= 4 is 51.5 Å². The summed E-state index contributed by atoms with van der Waals surface area (Å²) in [5, 5.41) is 2.54. The summed E-state index contributed by atoms with van der Waals surface area (Å²) in [5.74, 6) is 0. The van der Waals surface area contributed by atoms with Gasteiger partial charge in [-0.3, -0.25) is 4.79 Å². The van der Waals surface area contributed by atoms with Crippen molar-refractivity contribution in [3.63, 3.8) is 0 Å². The summed E-state index contributed by atoms with van der Waals surface area (Å²) in [4.78, 5) is 15.0. The number of anilines is 1. The number of nitrogens with zero attached hydrogens (tertiary/aromatic N) is 1. The van der Waals surface area contributed by atoms with E-state index in [0.29, 0.717) is 4.99 Å². The summed E-state index contributed by atoms with van der Waals surface area (Å²) in [6.07, 6.45) is 4.25. The monoisotopic (exact) mass is 330 g/mol. The largest absolute Gasteiger partial charge is 0.366 e. The van der Waals surface area contributed by atoms with Crippen molar-refractivity contribution < 1.29 is 4.79 Å². The van der Waals surface area contributed by atoms with E-state index in [2.05, 4.69) is 62.3 Å². The molecule has 0 saturated carbocycles. The zero-order valence-corrected chi connectivity index (χ0v) is 14.7. The number of likely N-dealkylation sites (N-methyl/N-ethyl adjacent to an activating group) is 1. The van der Waals surface area contributed by atoms with Gasteiger partial charge in [-0.25, -0.2) is 0 Å². The molecule has 1 aromatic rings. The van der Waals surface area contributed by atoms with Crippen molar-refractivity contribution in [2.24, 2.45) is 0 Å². The maximum atomic E-state index is 11.4. The van der Waals surface area contributed by atoms with Gasteiger partial charge in [-0.15, -0.1) is 0 Å². The van der Waals surface area contributed by atoms with Crippen LogP contribution in [0.3, 0.4) is 0 Å². The molecule has 5 heteroatoms. The van der Waals surface area contributed by atoms with Crippen molar-refractivity contribution in [3.8, 4) is 0 Å². The predicted octanol–water partition coefficient (Wildman–Crippen LogP) is 4.44. The van der Waals surface area contributed by atoms with Gasteiger partial charge in [-0.05, 0) is 61.9 Å². The third-order valence-electron chi connectivity index (χ3n) is 4.18. The number of allylic oxidation sites excluding steroid dienone is 1. The molecule has 1 aromatic carbocycles. The Kier molecular flexibility index (Phi) is 3.65. The number of nitrogens with one attached hydrogen (secondary N) is 1. The third kappa shape index (κ3) is 2.59. The Balaban J connectivity index is 2.02. The molecular formula is C17H18N2OS2. The van der Waals surface area contributed by atoms with Crippen LogP contribution in [0.1, 0.15) is 31.9 Å². The molecule has 0 spiro atoms. The second kappa shape index (κ2) is 5.25. The number of rotatable bonds is 1. The van der Waals surface area contributed by atoms with Crippen molar-refractivity contribution in [2.45, 2.75) is 26.3 Å².